The molecule has 2 rings (SSSR count). The van der Waals surface area contributed by atoms with Crippen LogP contribution in [0.2, 0.25) is 0 Å². The summed E-state index contributed by atoms with van der Waals surface area (Å²) in [6, 6.07) is 10.0. The van der Waals surface area contributed by atoms with Gasteiger partial charge in [0.2, 0.25) is 0 Å². The Bertz CT molecular complexity index is 390. The molecule has 0 bridgehead atoms. The quantitative estimate of drug-likeness (QED) is 0.724. The van der Waals surface area contributed by atoms with E-state index in [1.807, 2.05) is 32.3 Å². The molecule has 1 aromatic carbocycles. The van der Waals surface area contributed by atoms with E-state index in [1.54, 1.807) is 6.26 Å². The highest BCUT2D eigenvalue weighted by atomic mass is 16.5. The highest BCUT2D eigenvalue weighted by molar-refractivity contribution is 5.62. The first-order valence-electron chi connectivity index (χ1n) is 4.45. The Balaban J connectivity index is 2.31. The van der Waals surface area contributed by atoms with Gasteiger partial charge in [0.05, 0.1) is 0 Å². The van der Waals surface area contributed by atoms with Gasteiger partial charge < -0.3 is 9.42 Å². The van der Waals surface area contributed by atoms with Crippen molar-refractivity contribution in [1.29, 1.82) is 0 Å². The van der Waals surface area contributed by atoms with Crippen LogP contribution in [0.1, 0.15) is 0 Å². The summed E-state index contributed by atoms with van der Waals surface area (Å²) in [7, 11) is 4.04. The third kappa shape index (κ3) is 1.62. The summed E-state index contributed by atoms with van der Waals surface area (Å²) in [5.74, 6) is 0. The maximum Gasteiger partial charge on any atom is 0.124 e. The Hall–Kier alpha value is -1.77. The number of benzene rings is 1. The van der Waals surface area contributed by atoms with Gasteiger partial charge in [0.1, 0.15) is 12.0 Å². The van der Waals surface area contributed by atoms with E-state index >= 15 is 0 Å². The lowest BCUT2D eigenvalue weighted by Gasteiger charge is -2.11. The third-order valence-corrected chi connectivity index (χ3v) is 2.12. The van der Waals surface area contributed by atoms with Crippen molar-refractivity contribution in [2.45, 2.75) is 0 Å². The van der Waals surface area contributed by atoms with E-state index in [0.717, 1.165) is 11.3 Å². The molecule has 1 aromatic heterocycles. The van der Waals surface area contributed by atoms with Gasteiger partial charge in [-0.25, -0.2) is 0 Å². The maximum absolute atomic E-state index is 4.79. The lowest BCUT2D eigenvalue weighted by molar-refractivity contribution is 0.422. The van der Waals surface area contributed by atoms with Gasteiger partial charge in [-0.05, 0) is 12.1 Å². The van der Waals surface area contributed by atoms with Crippen molar-refractivity contribution in [3.63, 3.8) is 0 Å². The lowest BCUT2D eigenvalue weighted by atomic mass is 10.1. The monoisotopic (exact) mass is 188 g/mol. The van der Waals surface area contributed by atoms with Crippen LogP contribution < -0.4 is 4.90 Å². The molecule has 0 aliphatic rings. The van der Waals surface area contributed by atoms with E-state index in [0.29, 0.717) is 0 Å². The van der Waals surface area contributed by atoms with Crippen molar-refractivity contribution < 1.29 is 4.52 Å². The SMILES string of the molecule is CN(C)c1ccc(-c2ccon2)cc1. The smallest absolute Gasteiger partial charge is 0.124 e. The molecule has 0 N–H and O–H groups in total. The highest BCUT2D eigenvalue weighted by Gasteiger charge is 2.00. The Labute approximate surface area is 82.9 Å². The van der Waals surface area contributed by atoms with Gasteiger partial charge in [0, 0.05) is 31.4 Å². The topological polar surface area (TPSA) is 29.3 Å². The summed E-state index contributed by atoms with van der Waals surface area (Å²) >= 11 is 0. The second-order valence-electron chi connectivity index (χ2n) is 3.33. The third-order valence-electron chi connectivity index (χ3n) is 2.12. The number of hydrogen-bond donors (Lipinski definition) is 0. The second kappa shape index (κ2) is 3.54. The first-order chi connectivity index (χ1) is 6.77. The minimum Gasteiger partial charge on any atom is -0.378 e. The van der Waals surface area contributed by atoms with Crippen LogP contribution in [-0.2, 0) is 0 Å². The first kappa shape index (κ1) is 8.81. The van der Waals surface area contributed by atoms with Crippen LogP contribution in [0.3, 0.4) is 0 Å². The summed E-state index contributed by atoms with van der Waals surface area (Å²) in [5, 5.41) is 3.87. The molecule has 0 atom stereocenters. The number of aromatic nitrogens is 1. The number of rotatable bonds is 2. The van der Waals surface area contributed by atoms with Crippen LogP contribution >= 0.6 is 0 Å². The van der Waals surface area contributed by atoms with Crippen LogP contribution in [-0.4, -0.2) is 19.3 Å². The van der Waals surface area contributed by atoms with Crippen LogP contribution in [0.25, 0.3) is 11.3 Å². The first-order valence-corrected chi connectivity index (χ1v) is 4.45. The molecule has 0 amide bonds. The fourth-order valence-electron chi connectivity index (χ4n) is 1.29. The Morgan fingerprint density at radius 1 is 1.07 bits per heavy atom. The van der Waals surface area contributed by atoms with Crippen molar-refractivity contribution in [1.82, 2.24) is 5.16 Å². The molecule has 3 heteroatoms. The summed E-state index contributed by atoms with van der Waals surface area (Å²) in [5.41, 5.74) is 3.12. The molecule has 72 valence electrons. The molecule has 0 aliphatic heterocycles. The van der Waals surface area contributed by atoms with E-state index in [2.05, 4.69) is 22.2 Å². The fraction of sp³-hybridized carbons (Fsp3) is 0.182. The average Bonchev–Trinajstić information content (AvgIpc) is 2.71. The maximum atomic E-state index is 4.79. The van der Waals surface area contributed by atoms with Crippen molar-refractivity contribution in [3.8, 4) is 11.3 Å². The van der Waals surface area contributed by atoms with Crippen LogP contribution in [0.15, 0.2) is 41.1 Å². The Morgan fingerprint density at radius 3 is 2.29 bits per heavy atom. The molecule has 0 radical (unpaired) electrons. The molecule has 0 saturated carbocycles. The summed E-state index contributed by atoms with van der Waals surface area (Å²) in [6.07, 6.45) is 1.58. The Morgan fingerprint density at radius 2 is 1.79 bits per heavy atom. The van der Waals surface area contributed by atoms with Crippen LogP contribution in [0.4, 0.5) is 5.69 Å². The predicted molar refractivity (Wildman–Crippen MR) is 56.3 cm³/mol. The van der Waals surface area contributed by atoms with Crippen molar-refractivity contribution >= 4 is 5.69 Å². The summed E-state index contributed by atoms with van der Waals surface area (Å²) in [4.78, 5) is 2.06. The molecule has 3 nitrogen and oxygen atoms in total. The van der Waals surface area contributed by atoms with Gasteiger partial charge in [0.25, 0.3) is 0 Å². The summed E-state index contributed by atoms with van der Waals surface area (Å²) in [6.45, 7) is 0. The predicted octanol–water partition coefficient (Wildman–Crippen LogP) is 2.41. The van der Waals surface area contributed by atoms with E-state index in [1.165, 1.54) is 5.69 Å². The molecular weight excluding hydrogens is 176 g/mol. The van der Waals surface area contributed by atoms with Crippen LogP contribution in [0.5, 0.6) is 0 Å². The zero-order valence-electron chi connectivity index (χ0n) is 8.27. The highest BCUT2D eigenvalue weighted by Crippen LogP contribution is 2.20. The summed E-state index contributed by atoms with van der Waals surface area (Å²) < 4.78 is 4.79. The zero-order chi connectivity index (χ0) is 9.97. The average molecular weight is 188 g/mol. The van der Waals surface area contributed by atoms with Crippen molar-refractivity contribution in [3.05, 3.63) is 36.6 Å². The zero-order valence-corrected chi connectivity index (χ0v) is 8.27. The van der Waals surface area contributed by atoms with Gasteiger partial charge in [-0.15, -0.1) is 0 Å². The molecule has 2 aromatic rings. The molecule has 0 fully saturated rings. The minimum absolute atomic E-state index is 0.871. The van der Waals surface area contributed by atoms with Crippen molar-refractivity contribution in [2.75, 3.05) is 19.0 Å². The molecule has 14 heavy (non-hydrogen) atoms. The minimum atomic E-state index is 0.871. The standard InChI is InChI=1S/C11H12N2O/c1-13(2)10-5-3-9(4-6-10)11-7-8-14-12-11/h3-8H,1-2H3. The van der Waals surface area contributed by atoms with E-state index in [4.69, 9.17) is 4.52 Å². The molecule has 0 unspecified atom stereocenters. The van der Waals surface area contributed by atoms with E-state index in [9.17, 15) is 0 Å². The van der Waals surface area contributed by atoms with Gasteiger partial charge in [0.15, 0.2) is 0 Å². The molecule has 1 heterocycles. The van der Waals surface area contributed by atoms with Gasteiger partial charge in [-0.2, -0.15) is 0 Å². The van der Waals surface area contributed by atoms with Gasteiger partial charge in [-0.1, -0.05) is 17.3 Å². The number of hydrogen-bond acceptors (Lipinski definition) is 3. The van der Waals surface area contributed by atoms with Crippen LogP contribution in [0, 0.1) is 0 Å². The van der Waals surface area contributed by atoms with E-state index in [-0.39, 0.29) is 0 Å². The van der Waals surface area contributed by atoms with Gasteiger partial charge in [-0.3, -0.25) is 0 Å². The largest absolute Gasteiger partial charge is 0.378 e. The van der Waals surface area contributed by atoms with Gasteiger partial charge >= 0.3 is 0 Å². The van der Waals surface area contributed by atoms with E-state index < -0.39 is 0 Å². The Kier molecular flexibility index (Phi) is 2.23. The normalized spacial score (nSPS) is 10.1. The number of anilines is 1. The molecule has 0 aliphatic carbocycles. The molecular formula is C11H12N2O. The second-order valence-corrected chi connectivity index (χ2v) is 3.33. The van der Waals surface area contributed by atoms with Crippen molar-refractivity contribution in [2.24, 2.45) is 0 Å². The number of nitrogens with zero attached hydrogens (tertiary/aromatic N) is 2. The molecule has 0 saturated heterocycles. The fourth-order valence-corrected chi connectivity index (χ4v) is 1.29. The molecule has 0 spiro atoms. The lowest BCUT2D eigenvalue weighted by Crippen LogP contribution is -2.07.